The van der Waals surface area contributed by atoms with Crippen molar-refractivity contribution in [2.75, 3.05) is 12.4 Å². The summed E-state index contributed by atoms with van der Waals surface area (Å²) >= 11 is 1.42. The van der Waals surface area contributed by atoms with Crippen LogP contribution < -0.4 is 5.32 Å². The zero-order chi connectivity index (χ0) is 18.8. The highest BCUT2D eigenvalue weighted by Crippen LogP contribution is 2.21. The van der Waals surface area contributed by atoms with Crippen LogP contribution in [-0.2, 0) is 20.7 Å². The minimum absolute atomic E-state index is 0.0303. The van der Waals surface area contributed by atoms with Gasteiger partial charge in [-0.3, -0.25) is 9.59 Å². The molecule has 0 fully saturated rings. The number of hydrogen-bond acceptors (Lipinski definition) is 4. The van der Waals surface area contributed by atoms with Crippen LogP contribution in [-0.4, -0.2) is 30.3 Å². The number of carbonyl (C=O) groups is 2. The summed E-state index contributed by atoms with van der Waals surface area (Å²) in [5.74, 6) is -0.452. The fourth-order valence-electron chi connectivity index (χ4n) is 2.46. The topological polar surface area (TPSA) is 55.4 Å². The molecule has 2 rings (SSSR count). The molecule has 1 N–H and O–H groups in total. The third-order valence-corrected chi connectivity index (χ3v) is 5.07. The van der Waals surface area contributed by atoms with Crippen LogP contribution in [0, 0.1) is 6.92 Å². The Morgan fingerprint density at radius 3 is 2.50 bits per heavy atom. The number of nitrogens with one attached hydrogen (secondary N) is 1. The molecule has 0 saturated heterocycles. The Labute approximate surface area is 159 Å². The highest BCUT2D eigenvalue weighted by molar-refractivity contribution is 8.00. The average molecular weight is 372 g/mol. The summed E-state index contributed by atoms with van der Waals surface area (Å²) in [6.07, 6.45) is 1.74. The molecule has 26 heavy (non-hydrogen) atoms. The van der Waals surface area contributed by atoms with Gasteiger partial charge in [-0.2, -0.15) is 0 Å². The van der Waals surface area contributed by atoms with E-state index in [0.717, 1.165) is 23.3 Å². The number of esters is 1. The lowest BCUT2D eigenvalue weighted by atomic mass is 10.1. The zero-order valence-corrected chi connectivity index (χ0v) is 16.1. The smallest absolute Gasteiger partial charge is 0.316 e. The van der Waals surface area contributed by atoms with Gasteiger partial charge in [-0.1, -0.05) is 48.5 Å². The van der Waals surface area contributed by atoms with Gasteiger partial charge in [0.15, 0.2) is 6.61 Å². The first-order chi connectivity index (χ1) is 12.5. The predicted octanol–water partition coefficient (Wildman–Crippen LogP) is 3.77. The van der Waals surface area contributed by atoms with Crippen LogP contribution in [0.1, 0.15) is 24.5 Å². The highest BCUT2D eigenvalue weighted by Gasteiger charge is 2.11. The third kappa shape index (κ3) is 7.31. The monoisotopic (exact) mass is 371 g/mol. The molecule has 0 saturated carbocycles. The summed E-state index contributed by atoms with van der Waals surface area (Å²) in [4.78, 5) is 24.8. The molecule has 138 valence electrons. The second kappa shape index (κ2) is 10.7. The molecule has 2 aromatic carbocycles. The van der Waals surface area contributed by atoms with Gasteiger partial charge in [0.25, 0.3) is 5.91 Å². The summed E-state index contributed by atoms with van der Waals surface area (Å²) in [5.41, 5.74) is 2.36. The lowest BCUT2D eigenvalue weighted by Gasteiger charge is -2.14. The van der Waals surface area contributed by atoms with E-state index in [-0.39, 0.29) is 30.3 Å². The minimum atomic E-state index is -0.384. The van der Waals surface area contributed by atoms with Crippen molar-refractivity contribution in [2.24, 2.45) is 0 Å². The van der Waals surface area contributed by atoms with E-state index in [1.54, 1.807) is 0 Å². The van der Waals surface area contributed by atoms with E-state index in [4.69, 9.17) is 4.74 Å². The SMILES string of the molecule is Cc1ccccc1SCC(=O)OCC(=O)N[C@@H](C)CCc1ccccc1. The van der Waals surface area contributed by atoms with E-state index in [1.807, 2.05) is 56.3 Å². The minimum Gasteiger partial charge on any atom is -0.455 e. The maximum Gasteiger partial charge on any atom is 0.316 e. The number of hydrogen-bond donors (Lipinski definition) is 1. The van der Waals surface area contributed by atoms with Gasteiger partial charge in [0.1, 0.15) is 0 Å². The van der Waals surface area contributed by atoms with E-state index in [0.29, 0.717) is 0 Å². The first-order valence-electron chi connectivity index (χ1n) is 8.72. The first-order valence-corrected chi connectivity index (χ1v) is 9.70. The van der Waals surface area contributed by atoms with Gasteiger partial charge in [-0.05, 0) is 43.9 Å². The van der Waals surface area contributed by atoms with E-state index >= 15 is 0 Å². The van der Waals surface area contributed by atoms with Crippen molar-refractivity contribution in [1.29, 1.82) is 0 Å². The van der Waals surface area contributed by atoms with Gasteiger partial charge in [-0.15, -0.1) is 11.8 Å². The Bertz CT molecular complexity index is 718. The number of ether oxygens (including phenoxy) is 1. The summed E-state index contributed by atoms with van der Waals surface area (Å²) in [6.45, 7) is 3.72. The summed E-state index contributed by atoms with van der Waals surface area (Å²) < 4.78 is 5.06. The summed E-state index contributed by atoms with van der Waals surface area (Å²) in [5, 5.41) is 2.87. The summed E-state index contributed by atoms with van der Waals surface area (Å²) in [7, 11) is 0. The molecule has 4 nitrogen and oxygen atoms in total. The quantitative estimate of drug-likeness (QED) is 0.538. The second-order valence-electron chi connectivity index (χ2n) is 6.21. The maximum atomic E-state index is 11.9. The van der Waals surface area contributed by atoms with Gasteiger partial charge in [-0.25, -0.2) is 0 Å². The number of carbonyl (C=O) groups excluding carboxylic acids is 2. The van der Waals surface area contributed by atoms with Crippen LogP contribution >= 0.6 is 11.8 Å². The van der Waals surface area contributed by atoms with Crippen molar-refractivity contribution in [3.05, 3.63) is 65.7 Å². The fourth-order valence-corrected chi connectivity index (χ4v) is 3.29. The lowest BCUT2D eigenvalue weighted by Crippen LogP contribution is -2.36. The molecule has 5 heteroatoms. The molecule has 0 bridgehead atoms. The molecule has 2 aromatic rings. The zero-order valence-electron chi connectivity index (χ0n) is 15.2. The molecule has 1 amide bonds. The average Bonchev–Trinajstić information content (AvgIpc) is 2.65. The highest BCUT2D eigenvalue weighted by atomic mass is 32.2. The number of benzene rings is 2. The number of amides is 1. The Balaban J connectivity index is 1.63. The molecule has 0 aliphatic heterocycles. The van der Waals surface area contributed by atoms with E-state index in [2.05, 4.69) is 17.4 Å². The van der Waals surface area contributed by atoms with Gasteiger partial charge < -0.3 is 10.1 Å². The molecular weight excluding hydrogens is 346 g/mol. The molecule has 0 aliphatic rings. The molecule has 0 heterocycles. The Morgan fingerprint density at radius 2 is 1.77 bits per heavy atom. The van der Waals surface area contributed by atoms with Gasteiger partial charge in [0, 0.05) is 10.9 Å². The Kier molecular flexibility index (Phi) is 8.22. The first kappa shape index (κ1) is 20.0. The van der Waals surface area contributed by atoms with Gasteiger partial charge in [0.05, 0.1) is 5.75 Å². The molecular formula is C21H25NO3S. The lowest BCUT2D eigenvalue weighted by molar-refractivity contribution is -0.146. The third-order valence-electron chi connectivity index (χ3n) is 3.92. The van der Waals surface area contributed by atoms with Crippen LogP contribution in [0.4, 0.5) is 0 Å². The largest absolute Gasteiger partial charge is 0.455 e. The van der Waals surface area contributed by atoms with Crippen LogP contribution in [0.25, 0.3) is 0 Å². The Hall–Kier alpha value is -2.27. The van der Waals surface area contributed by atoms with E-state index in [1.165, 1.54) is 17.3 Å². The van der Waals surface area contributed by atoms with Crippen LogP contribution in [0.5, 0.6) is 0 Å². The van der Waals surface area contributed by atoms with Crippen molar-refractivity contribution >= 4 is 23.6 Å². The molecule has 0 aromatic heterocycles. The maximum absolute atomic E-state index is 11.9. The normalized spacial score (nSPS) is 11.6. The number of rotatable bonds is 9. The van der Waals surface area contributed by atoms with Crippen LogP contribution in [0.2, 0.25) is 0 Å². The van der Waals surface area contributed by atoms with E-state index < -0.39 is 0 Å². The number of aryl methyl sites for hydroxylation is 2. The van der Waals surface area contributed by atoms with Crippen molar-refractivity contribution in [3.63, 3.8) is 0 Å². The van der Waals surface area contributed by atoms with Crippen molar-refractivity contribution in [2.45, 2.75) is 37.6 Å². The van der Waals surface area contributed by atoms with Crippen molar-refractivity contribution in [3.8, 4) is 0 Å². The molecule has 0 spiro atoms. The molecule has 1 atom stereocenters. The predicted molar refractivity (Wildman–Crippen MR) is 105 cm³/mol. The molecule has 0 radical (unpaired) electrons. The van der Waals surface area contributed by atoms with Crippen LogP contribution in [0.3, 0.4) is 0 Å². The summed E-state index contributed by atoms with van der Waals surface area (Å²) in [6, 6.07) is 18.0. The van der Waals surface area contributed by atoms with Gasteiger partial charge in [0.2, 0.25) is 0 Å². The van der Waals surface area contributed by atoms with Crippen molar-refractivity contribution in [1.82, 2.24) is 5.32 Å². The molecule has 0 aliphatic carbocycles. The Morgan fingerprint density at radius 1 is 1.08 bits per heavy atom. The standard InChI is InChI=1S/C21H25NO3S/c1-16-8-6-7-11-19(16)26-15-21(24)25-14-20(23)22-17(2)12-13-18-9-4-3-5-10-18/h3-11,17H,12-15H2,1-2H3,(H,22,23)/t17-/m0/s1. The number of thioether (sulfide) groups is 1. The fraction of sp³-hybridized carbons (Fsp3) is 0.333. The van der Waals surface area contributed by atoms with Crippen molar-refractivity contribution < 1.29 is 14.3 Å². The molecule has 0 unspecified atom stereocenters. The van der Waals surface area contributed by atoms with E-state index in [9.17, 15) is 9.59 Å². The second-order valence-corrected chi connectivity index (χ2v) is 7.22. The van der Waals surface area contributed by atoms with Gasteiger partial charge >= 0.3 is 5.97 Å². The van der Waals surface area contributed by atoms with Crippen LogP contribution in [0.15, 0.2) is 59.5 Å².